The summed E-state index contributed by atoms with van der Waals surface area (Å²) < 4.78 is 46.2. The maximum atomic E-state index is 14.8. The number of benzene rings is 2. The van der Waals surface area contributed by atoms with Crippen LogP contribution in [0.3, 0.4) is 0 Å². The molecule has 2 aromatic carbocycles. The quantitative estimate of drug-likeness (QED) is 0.637. The summed E-state index contributed by atoms with van der Waals surface area (Å²) in [4.78, 5) is 13.8. The molecule has 2 heterocycles. The molecule has 3 fully saturated rings. The van der Waals surface area contributed by atoms with Crippen molar-refractivity contribution in [3.05, 3.63) is 59.7 Å². The highest BCUT2D eigenvalue weighted by atomic mass is 19.1. The molecular formula is C25H28F2N2O4. The van der Waals surface area contributed by atoms with Crippen LogP contribution < -0.4 is 10.2 Å². The van der Waals surface area contributed by atoms with E-state index in [4.69, 9.17) is 14.2 Å². The number of nitrogens with zero attached hydrogens (tertiary/aromatic N) is 1. The van der Waals surface area contributed by atoms with E-state index in [-0.39, 0.29) is 24.3 Å². The number of carbonyl (C=O) groups excluding carboxylic acids is 1. The predicted molar refractivity (Wildman–Crippen MR) is 119 cm³/mol. The largest absolute Gasteiger partial charge is 0.444 e. The van der Waals surface area contributed by atoms with Crippen molar-refractivity contribution in [3.63, 3.8) is 0 Å². The molecule has 1 amide bonds. The molecule has 33 heavy (non-hydrogen) atoms. The third-order valence-electron chi connectivity index (χ3n) is 6.78. The highest BCUT2D eigenvalue weighted by molar-refractivity contribution is 5.85. The van der Waals surface area contributed by atoms with E-state index in [1.54, 1.807) is 4.90 Å². The number of fused-ring (bicyclic) bond motifs is 1. The molecule has 8 heteroatoms. The molecule has 3 aliphatic rings. The van der Waals surface area contributed by atoms with Crippen molar-refractivity contribution in [2.45, 2.75) is 32.2 Å². The van der Waals surface area contributed by atoms with Crippen molar-refractivity contribution >= 4 is 17.5 Å². The predicted octanol–water partition coefficient (Wildman–Crippen LogP) is 4.94. The maximum Gasteiger partial charge on any atom is 0.411 e. The Morgan fingerprint density at radius 1 is 1.09 bits per heavy atom. The van der Waals surface area contributed by atoms with Crippen LogP contribution in [0.2, 0.25) is 0 Å². The van der Waals surface area contributed by atoms with Gasteiger partial charge in [-0.2, -0.15) is 0 Å². The Kier molecular flexibility index (Phi) is 6.46. The first-order valence-corrected chi connectivity index (χ1v) is 11.5. The number of rotatable bonds is 7. The highest BCUT2D eigenvalue weighted by Gasteiger charge is 2.56. The molecule has 1 N–H and O–H groups in total. The van der Waals surface area contributed by atoms with E-state index in [1.165, 1.54) is 0 Å². The van der Waals surface area contributed by atoms with Crippen molar-refractivity contribution in [2.75, 3.05) is 36.5 Å². The van der Waals surface area contributed by atoms with Gasteiger partial charge in [0.1, 0.15) is 12.3 Å². The molecule has 6 nitrogen and oxygen atoms in total. The zero-order valence-corrected chi connectivity index (χ0v) is 18.3. The number of hydrogen-bond donors (Lipinski definition) is 1. The molecular weight excluding hydrogens is 430 g/mol. The molecule has 5 rings (SSSR count). The third-order valence-corrected chi connectivity index (χ3v) is 6.78. The molecule has 2 aromatic rings. The first-order chi connectivity index (χ1) is 16.1. The lowest BCUT2D eigenvalue weighted by Gasteiger charge is -2.25. The van der Waals surface area contributed by atoms with Crippen LogP contribution in [0.1, 0.15) is 24.8 Å². The minimum absolute atomic E-state index is 0.0231. The molecule has 0 spiro atoms. The van der Waals surface area contributed by atoms with E-state index < -0.39 is 17.7 Å². The maximum absolute atomic E-state index is 14.8. The molecule has 0 bridgehead atoms. The fourth-order valence-electron chi connectivity index (χ4n) is 4.96. The van der Waals surface area contributed by atoms with Crippen molar-refractivity contribution < 1.29 is 27.8 Å². The van der Waals surface area contributed by atoms with E-state index in [9.17, 15) is 13.6 Å². The second kappa shape index (κ2) is 9.65. The molecule has 2 saturated heterocycles. The third kappa shape index (κ3) is 5.12. The molecule has 3 unspecified atom stereocenters. The second-order valence-corrected chi connectivity index (χ2v) is 9.00. The van der Waals surface area contributed by atoms with Crippen molar-refractivity contribution in [2.24, 2.45) is 17.8 Å². The van der Waals surface area contributed by atoms with Gasteiger partial charge < -0.3 is 19.1 Å². The van der Waals surface area contributed by atoms with Crippen molar-refractivity contribution in [1.29, 1.82) is 0 Å². The standard InChI is InChI=1S/C25H28F2N2O4/c26-21-10-17(28-25(30)33-14-16-6-2-1-3-7-16)11-22(27)24(21)29-12-18-19(13-29)20(18)15-32-23-8-4-5-9-31-23/h1-3,6-7,10-11,18-20,23H,4-5,8-9,12-15H2,(H,28,30)/t18-,19?,20?,23?/m0/s1. The minimum Gasteiger partial charge on any atom is -0.444 e. The van der Waals surface area contributed by atoms with Crippen LogP contribution in [0, 0.1) is 29.4 Å². The van der Waals surface area contributed by atoms with Crippen LogP contribution in [0.5, 0.6) is 0 Å². The van der Waals surface area contributed by atoms with Gasteiger partial charge in [-0.1, -0.05) is 30.3 Å². The van der Waals surface area contributed by atoms with Gasteiger partial charge in [0.05, 0.1) is 6.61 Å². The van der Waals surface area contributed by atoms with Crippen LogP contribution in [0.15, 0.2) is 42.5 Å². The average Bonchev–Trinajstić information content (AvgIpc) is 3.26. The first-order valence-electron chi connectivity index (χ1n) is 11.5. The second-order valence-electron chi connectivity index (χ2n) is 9.00. The fourth-order valence-corrected chi connectivity index (χ4v) is 4.96. The lowest BCUT2D eigenvalue weighted by Crippen LogP contribution is -2.28. The van der Waals surface area contributed by atoms with Gasteiger partial charge in [0.15, 0.2) is 17.9 Å². The fraction of sp³-hybridized carbons (Fsp3) is 0.480. The summed E-state index contributed by atoms with van der Waals surface area (Å²) in [6.07, 6.45) is 2.28. The van der Waals surface area contributed by atoms with Gasteiger partial charge in [0, 0.05) is 25.4 Å². The number of hydrogen-bond acceptors (Lipinski definition) is 5. The zero-order chi connectivity index (χ0) is 22.8. The molecule has 0 radical (unpaired) electrons. The first kappa shape index (κ1) is 22.1. The van der Waals surface area contributed by atoms with Crippen LogP contribution >= 0.6 is 0 Å². The number of halogens is 2. The molecule has 2 aliphatic heterocycles. The number of anilines is 2. The van der Waals surface area contributed by atoms with Crippen LogP contribution in [-0.2, 0) is 20.8 Å². The van der Waals surface area contributed by atoms with E-state index in [1.807, 2.05) is 30.3 Å². The van der Waals surface area contributed by atoms with Gasteiger partial charge in [-0.05, 0) is 54.7 Å². The van der Waals surface area contributed by atoms with E-state index in [0.29, 0.717) is 37.5 Å². The van der Waals surface area contributed by atoms with Gasteiger partial charge in [-0.15, -0.1) is 0 Å². The Labute approximate surface area is 191 Å². The monoisotopic (exact) mass is 458 g/mol. The minimum atomic E-state index is -0.766. The van der Waals surface area contributed by atoms with Gasteiger partial charge in [0.2, 0.25) is 0 Å². The summed E-state index contributed by atoms with van der Waals surface area (Å²) in [6.45, 7) is 2.68. The summed E-state index contributed by atoms with van der Waals surface area (Å²) in [5.41, 5.74) is 0.804. The number of nitrogens with one attached hydrogen (secondary N) is 1. The van der Waals surface area contributed by atoms with E-state index in [0.717, 1.165) is 43.6 Å². The van der Waals surface area contributed by atoms with Crippen molar-refractivity contribution in [1.82, 2.24) is 0 Å². The van der Waals surface area contributed by atoms with Gasteiger partial charge in [-0.3, -0.25) is 5.32 Å². The normalized spacial score (nSPS) is 26.1. The summed E-state index contributed by atoms with van der Waals surface area (Å²) in [5, 5.41) is 2.40. The summed E-state index contributed by atoms with van der Waals surface area (Å²) in [6, 6.07) is 11.4. The smallest absolute Gasteiger partial charge is 0.411 e. The van der Waals surface area contributed by atoms with Gasteiger partial charge >= 0.3 is 6.09 Å². The number of ether oxygens (including phenoxy) is 3. The molecule has 176 valence electrons. The Morgan fingerprint density at radius 2 is 1.82 bits per heavy atom. The molecule has 1 saturated carbocycles. The summed E-state index contributed by atoms with van der Waals surface area (Å²) in [7, 11) is 0. The van der Waals surface area contributed by atoms with Crippen LogP contribution in [0.25, 0.3) is 0 Å². The molecule has 4 atom stereocenters. The molecule has 0 aromatic heterocycles. The Hall–Kier alpha value is -2.71. The lowest BCUT2D eigenvalue weighted by molar-refractivity contribution is -0.165. The number of carbonyl (C=O) groups is 1. The Morgan fingerprint density at radius 3 is 2.48 bits per heavy atom. The van der Waals surface area contributed by atoms with Gasteiger partial charge in [0.25, 0.3) is 0 Å². The number of amides is 1. The average molecular weight is 459 g/mol. The summed E-state index contributed by atoms with van der Waals surface area (Å²) >= 11 is 0. The van der Waals surface area contributed by atoms with E-state index in [2.05, 4.69) is 5.32 Å². The van der Waals surface area contributed by atoms with Crippen molar-refractivity contribution in [3.8, 4) is 0 Å². The van der Waals surface area contributed by atoms with E-state index >= 15 is 0 Å². The van der Waals surface area contributed by atoms with Crippen LogP contribution in [-0.4, -0.2) is 38.7 Å². The summed E-state index contributed by atoms with van der Waals surface area (Å²) in [5.74, 6) is -0.189. The molecule has 1 aliphatic carbocycles. The highest BCUT2D eigenvalue weighted by Crippen LogP contribution is 2.53. The Balaban J connectivity index is 1.12. The lowest BCUT2D eigenvalue weighted by atomic mass is 10.2. The topological polar surface area (TPSA) is 60.0 Å². The Bertz CT molecular complexity index is 949. The van der Waals surface area contributed by atoms with Gasteiger partial charge in [-0.25, -0.2) is 13.6 Å². The SMILES string of the molecule is O=C(Nc1cc(F)c(N2CC3C(COC4CCCCO4)[C@H]3C2)c(F)c1)OCc1ccccc1. The van der Waals surface area contributed by atoms with Crippen LogP contribution in [0.4, 0.5) is 25.0 Å². The number of piperidine rings is 1. The zero-order valence-electron chi connectivity index (χ0n) is 18.3.